The third-order valence-electron chi connectivity index (χ3n) is 2.45. The minimum absolute atomic E-state index is 0.0401. The van der Waals surface area contributed by atoms with Gasteiger partial charge in [0.2, 0.25) is 10.0 Å². The van der Waals surface area contributed by atoms with Crippen LogP contribution in [0.4, 0.5) is 0 Å². The zero-order valence-corrected chi connectivity index (χ0v) is 8.47. The van der Waals surface area contributed by atoms with Crippen molar-refractivity contribution >= 4 is 10.0 Å². The molecule has 1 aliphatic carbocycles. The van der Waals surface area contributed by atoms with Crippen LogP contribution in [0.3, 0.4) is 0 Å². The summed E-state index contributed by atoms with van der Waals surface area (Å²) in [6.45, 7) is 2.03. The van der Waals surface area contributed by atoms with Crippen molar-refractivity contribution in [1.82, 2.24) is 4.72 Å². The van der Waals surface area contributed by atoms with Crippen LogP contribution in [0.2, 0.25) is 0 Å². The van der Waals surface area contributed by atoms with Crippen LogP contribution >= 0.6 is 0 Å². The van der Waals surface area contributed by atoms with E-state index >= 15 is 0 Å². The second-order valence-electron chi connectivity index (χ2n) is 3.55. The molecule has 1 rings (SSSR count). The summed E-state index contributed by atoms with van der Waals surface area (Å²) in [4.78, 5) is 0. The van der Waals surface area contributed by atoms with Gasteiger partial charge in [-0.1, -0.05) is 13.3 Å². The maximum atomic E-state index is 11.2. The van der Waals surface area contributed by atoms with Gasteiger partial charge in [-0.25, -0.2) is 13.1 Å². The third kappa shape index (κ3) is 2.98. The van der Waals surface area contributed by atoms with Crippen molar-refractivity contribution in [3.05, 3.63) is 0 Å². The molecular weight excluding hydrogens is 188 g/mol. The summed E-state index contributed by atoms with van der Waals surface area (Å²) in [6, 6.07) is 1.69. The van der Waals surface area contributed by atoms with Crippen LogP contribution in [-0.2, 0) is 10.0 Å². The van der Waals surface area contributed by atoms with Gasteiger partial charge in [0.05, 0.1) is 6.07 Å². The van der Waals surface area contributed by atoms with Crippen molar-refractivity contribution in [2.75, 3.05) is 5.75 Å². The molecule has 1 saturated carbocycles. The molecule has 13 heavy (non-hydrogen) atoms. The summed E-state index contributed by atoms with van der Waals surface area (Å²) in [5.41, 5.74) is 0. The maximum absolute atomic E-state index is 11.2. The van der Waals surface area contributed by atoms with Crippen molar-refractivity contribution < 1.29 is 8.42 Å². The number of nitrogens with one attached hydrogen (secondary N) is 1. The van der Waals surface area contributed by atoms with Gasteiger partial charge < -0.3 is 0 Å². The summed E-state index contributed by atoms with van der Waals surface area (Å²) >= 11 is 0. The van der Waals surface area contributed by atoms with E-state index in [2.05, 4.69) is 4.72 Å². The Morgan fingerprint density at radius 2 is 2.23 bits per heavy atom. The number of rotatable bonds is 3. The maximum Gasteiger partial charge on any atom is 0.225 e. The highest BCUT2D eigenvalue weighted by Gasteiger charge is 2.27. The van der Waals surface area contributed by atoms with Gasteiger partial charge in [-0.2, -0.15) is 5.26 Å². The molecule has 0 saturated heterocycles. The van der Waals surface area contributed by atoms with Crippen LogP contribution in [0.5, 0.6) is 0 Å². The molecule has 0 aliphatic heterocycles. The first kappa shape index (κ1) is 10.5. The largest absolute Gasteiger partial charge is 0.225 e. The smallest absolute Gasteiger partial charge is 0.211 e. The summed E-state index contributed by atoms with van der Waals surface area (Å²) in [5.74, 6) is -0.0376. The van der Waals surface area contributed by atoms with Gasteiger partial charge in [0.1, 0.15) is 0 Å². The number of hydrogen-bond acceptors (Lipinski definition) is 3. The molecule has 1 aliphatic rings. The van der Waals surface area contributed by atoms with Crippen molar-refractivity contribution in [3.8, 4) is 6.07 Å². The van der Waals surface area contributed by atoms with Gasteiger partial charge in [-0.15, -0.1) is 0 Å². The van der Waals surface area contributed by atoms with Crippen LogP contribution in [0.15, 0.2) is 0 Å². The van der Waals surface area contributed by atoms with Crippen molar-refractivity contribution in [1.29, 1.82) is 5.26 Å². The first-order valence-electron chi connectivity index (χ1n) is 4.42. The summed E-state index contributed by atoms with van der Waals surface area (Å²) in [5, 5.41) is 8.27. The Morgan fingerprint density at radius 3 is 2.69 bits per heavy atom. The molecule has 0 amide bonds. The molecular formula is C8H14N2O2S. The molecule has 1 N–H and O–H groups in total. The Kier molecular flexibility index (Phi) is 3.28. The lowest BCUT2D eigenvalue weighted by atomic mass is 10.1. The first-order valence-corrected chi connectivity index (χ1v) is 6.07. The summed E-state index contributed by atoms with van der Waals surface area (Å²) < 4.78 is 25.0. The van der Waals surface area contributed by atoms with Gasteiger partial charge in [0, 0.05) is 6.04 Å². The van der Waals surface area contributed by atoms with E-state index in [4.69, 9.17) is 5.26 Å². The minimum atomic E-state index is -3.36. The second kappa shape index (κ2) is 4.07. The fraction of sp³-hybridized carbons (Fsp3) is 0.875. The van der Waals surface area contributed by atoms with E-state index in [1.54, 1.807) is 6.07 Å². The molecule has 0 bridgehead atoms. The average Bonchev–Trinajstić information content (AvgIpc) is 2.35. The number of hydrogen-bond donors (Lipinski definition) is 1. The highest BCUT2D eigenvalue weighted by atomic mass is 32.2. The molecule has 0 aromatic rings. The molecule has 0 aromatic carbocycles. The monoisotopic (exact) mass is 202 g/mol. The molecule has 74 valence electrons. The quantitative estimate of drug-likeness (QED) is 0.729. The van der Waals surface area contributed by atoms with Gasteiger partial charge in [-0.05, 0) is 18.8 Å². The average molecular weight is 202 g/mol. The third-order valence-corrected chi connectivity index (χ3v) is 3.62. The Bertz CT molecular complexity index is 305. The molecule has 1 fully saturated rings. The van der Waals surface area contributed by atoms with Crippen LogP contribution in [0, 0.1) is 17.2 Å². The fourth-order valence-corrected chi connectivity index (χ4v) is 2.74. The van der Waals surface area contributed by atoms with E-state index in [1.165, 1.54) is 0 Å². The predicted molar refractivity (Wildman–Crippen MR) is 49.3 cm³/mol. The van der Waals surface area contributed by atoms with Crippen LogP contribution < -0.4 is 4.72 Å². The lowest BCUT2D eigenvalue weighted by Gasteiger charge is -2.15. The standard InChI is InChI=1S/C8H14N2O2S/c1-7-3-2-4-8(7)10-13(11,12)6-5-9/h7-8,10H,2-4,6H2,1H3. The van der Waals surface area contributed by atoms with Gasteiger partial charge in [0.15, 0.2) is 5.75 Å². The minimum Gasteiger partial charge on any atom is -0.211 e. The highest BCUT2D eigenvalue weighted by molar-refractivity contribution is 7.89. The Hall–Kier alpha value is -0.600. The Morgan fingerprint density at radius 1 is 1.54 bits per heavy atom. The van der Waals surface area contributed by atoms with Crippen molar-refractivity contribution in [3.63, 3.8) is 0 Å². The molecule has 0 radical (unpaired) electrons. The van der Waals surface area contributed by atoms with E-state index in [1.807, 2.05) is 6.92 Å². The van der Waals surface area contributed by atoms with Crippen LogP contribution in [0.1, 0.15) is 26.2 Å². The lowest BCUT2D eigenvalue weighted by molar-refractivity contribution is 0.477. The molecule has 0 heterocycles. The predicted octanol–water partition coefficient (Wildman–Crippen LogP) is 0.618. The molecule has 2 unspecified atom stereocenters. The van der Waals surface area contributed by atoms with E-state index in [0.29, 0.717) is 5.92 Å². The van der Waals surface area contributed by atoms with Crippen molar-refractivity contribution in [2.24, 2.45) is 5.92 Å². The topological polar surface area (TPSA) is 70.0 Å². The summed E-state index contributed by atoms with van der Waals surface area (Å²) in [6.07, 6.45) is 3.03. The number of nitriles is 1. The van der Waals surface area contributed by atoms with Crippen LogP contribution in [0.25, 0.3) is 0 Å². The highest BCUT2D eigenvalue weighted by Crippen LogP contribution is 2.25. The molecule has 4 nitrogen and oxygen atoms in total. The number of nitrogens with zero attached hydrogens (tertiary/aromatic N) is 1. The van der Waals surface area contributed by atoms with Gasteiger partial charge in [-0.3, -0.25) is 0 Å². The van der Waals surface area contributed by atoms with E-state index < -0.39 is 15.8 Å². The molecule has 0 aromatic heterocycles. The van der Waals surface area contributed by atoms with Gasteiger partial charge >= 0.3 is 0 Å². The Labute approximate surface area is 79.0 Å². The zero-order valence-electron chi connectivity index (χ0n) is 7.66. The SMILES string of the molecule is CC1CCCC1NS(=O)(=O)CC#N. The fourth-order valence-electron chi connectivity index (χ4n) is 1.68. The molecule has 5 heteroatoms. The zero-order chi connectivity index (χ0) is 9.90. The normalized spacial score (nSPS) is 28.6. The van der Waals surface area contributed by atoms with E-state index in [0.717, 1.165) is 19.3 Å². The second-order valence-corrected chi connectivity index (χ2v) is 5.30. The Balaban J connectivity index is 2.54. The summed E-state index contributed by atoms with van der Waals surface area (Å²) in [7, 11) is -3.36. The lowest BCUT2D eigenvalue weighted by Crippen LogP contribution is -2.37. The molecule has 0 spiro atoms. The van der Waals surface area contributed by atoms with E-state index in [-0.39, 0.29) is 6.04 Å². The van der Waals surface area contributed by atoms with E-state index in [9.17, 15) is 8.42 Å². The molecule has 2 atom stereocenters. The first-order chi connectivity index (χ1) is 6.05. The number of sulfonamides is 1. The van der Waals surface area contributed by atoms with Crippen molar-refractivity contribution in [2.45, 2.75) is 32.2 Å². The van der Waals surface area contributed by atoms with Gasteiger partial charge in [0.25, 0.3) is 0 Å². The van der Waals surface area contributed by atoms with Crippen LogP contribution in [-0.4, -0.2) is 20.2 Å².